The molecule has 0 saturated carbocycles. The van der Waals surface area contributed by atoms with E-state index in [4.69, 9.17) is 35.0 Å². The van der Waals surface area contributed by atoms with Crippen molar-refractivity contribution in [1.29, 1.82) is 0 Å². The molecule has 0 unspecified atom stereocenters. The zero-order chi connectivity index (χ0) is 15.7. The van der Waals surface area contributed by atoms with Crippen LogP contribution in [0.1, 0.15) is 5.82 Å². The van der Waals surface area contributed by atoms with Crippen LogP contribution in [0.25, 0.3) is 0 Å². The minimum atomic E-state index is -4.67. The monoisotopic (exact) mass is 318 g/mol. The largest absolute Gasteiger partial charge is 0.394 e. The fourth-order valence-electron chi connectivity index (χ4n) is 0.722. The van der Waals surface area contributed by atoms with Gasteiger partial charge in [0.1, 0.15) is 5.82 Å². The third-order valence-corrected chi connectivity index (χ3v) is 1.25. The molecule has 0 spiro atoms. The van der Waals surface area contributed by atoms with Crippen molar-refractivity contribution < 1.29 is 35.0 Å². The first-order valence-electron chi connectivity index (χ1n) is 4.31. The molecule has 1 rings (SSSR count). The number of nitrogens with zero attached hydrogens (tertiary/aromatic N) is 2. The smallest absolute Gasteiger partial charge is 0.338 e. The highest BCUT2D eigenvalue weighted by Gasteiger charge is 1.92. The number of imidazole rings is 1. The Kier molecular flexibility index (Phi) is 9.20. The lowest BCUT2D eigenvalue weighted by Crippen LogP contribution is -1.93. The molecule has 0 amide bonds. The van der Waals surface area contributed by atoms with Crippen molar-refractivity contribution in [2.45, 2.75) is 6.42 Å². The molecular formula is C7H14N2O8S2. The Morgan fingerprint density at radius 1 is 1.21 bits per heavy atom. The van der Waals surface area contributed by atoms with Crippen LogP contribution in [-0.4, -0.2) is 44.6 Å². The minimum absolute atomic E-state index is 0.851. The Hall–Kier alpha value is -1.31. The highest BCUT2D eigenvalue weighted by molar-refractivity contribution is 7.80. The quantitative estimate of drug-likeness (QED) is 0.428. The van der Waals surface area contributed by atoms with Gasteiger partial charge in [-0.2, -0.15) is 16.8 Å². The van der Waals surface area contributed by atoms with E-state index >= 15 is 0 Å². The number of hydrogen-bond donors (Lipinski definition) is 4. The first kappa shape index (κ1) is 20.0. The van der Waals surface area contributed by atoms with E-state index in [2.05, 4.69) is 11.6 Å². The molecule has 0 fully saturated rings. The Bertz CT molecular complexity index is 528. The number of allylic oxidation sites excluding steroid dienone is 1. The number of aromatic nitrogens is 2. The van der Waals surface area contributed by atoms with Crippen LogP contribution in [0.3, 0.4) is 0 Å². The van der Waals surface area contributed by atoms with Crippen molar-refractivity contribution in [3.8, 4) is 0 Å². The molecule has 0 aliphatic carbocycles. The zero-order valence-corrected chi connectivity index (χ0v) is 11.4. The Balaban J connectivity index is 0. The molecule has 1 aromatic rings. The lowest BCUT2D eigenvalue weighted by Gasteiger charge is -1.93. The van der Waals surface area contributed by atoms with E-state index in [1.165, 1.54) is 0 Å². The highest BCUT2D eigenvalue weighted by Crippen LogP contribution is 1.94. The predicted octanol–water partition coefficient (Wildman–Crippen LogP) is -0.157. The summed E-state index contributed by atoms with van der Waals surface area (Å²) < 4.78 is 65.2. The summed E-state index contributed by atoms with van der Waals surface area (Å²) in [5.74, 6) is 1.06. The predicted molar refractivity (Wildman–Crippen MR) is 65.5 cm³/mol. The normalized spacial score (nSPS) is 10.6. The van der Waals surface area contributed by atoms with Crippen molar-refractivity contribution in [2.24, 2.45) is 7.05 Å². The van der Waals surface area contributed by atoms with E-state index < -0.39 is 20.8 Å². The SMILES string of the molecule is C=CCc1nccn1C.O=S(=O)(O)O.O=S(=O)(O)O. The van der Waals surface area contributed by atoms with Gasteiger partial charge < -0.3 is 4.57 Å². The molecule has 0 radical (unpaired) electrons. The summed E-state index contributed by atoms with van der Waals surface area (Å²) in [6.07, 6.45) is 6.42. The van der Waals surface area contributed by atoms with Gasteiger partial charge in [0, 0.05) is 25.9 Å². The fraction of sp³-hybridized carbons (Fsp3) is 0.286. The summed E-state index contributed by atoms with van der Waals surface area (Å²) in [6.45, 7) is 3.62. The molecule has 0 atom stereocenters. The second-order valence-corrected chi connectivity index (χ2v) is 4.63. The lowest BCUT2D eigenvalue weighted by molar-refractivity contribution is 0.378. The maximum atomic E-state index is 8.74. The van der Waals surface area contributed by atoms with Crippen LogP contribution in [0.2, 0.25) is 0 Å². The molecule has 1 aromatic heterocycles. The molecule has 0 aliphatic heterocycles. The highest BCUT2D eigenvalue weighted by atomic mass is 32.3. The summed E-state index contributed by atoms with van der Waals surface area (Å²) in [4.78, 5) is 4.10. The average molecular weight is 318 g/mol. The van der Waals surface area contributed by atoms with Crippen LogP contribution >= 0.6 is 0 Å². The van der Waals surface area contributed by atoms with Gasteiger partial charge >= 0.3 is 20.8 Å². The van der Waals surface area contributed by atoms with Gasteiger partial charge in [0.2, 0.25) is 0 Å². The molecule has 4 N–H and O–H groups in total. The third kappa shape index (κ3) is 26.4. The lowest BCUT2D eigenvalue weighted by atomic mass is 10.4. The first-order chi connectivity index (χ1) is 8.34. The molecule has 0 bridgehead atoms. The molecule has 12 heteroatoms. The maximum absolute atomic E-state index is 8.74. The third-order valence-electron chi connectivity index (χ3n) is 1.25. The molecule has 0 aliphatic rings. The molecular weight excluding hydrogens is 304 g/mol. The van der Waals surface area contributed by atoms with Crippen LogP contribution in [0.15, 0.2) is 25.0 Å². The average Bonchev–Trinajstić information content (AvgIpc) is 2.46. The van der Waals surface area contributed by atoms with Crippen molar-refractivity contribution in [2.75, 3.05) is 0 Å². The number of hydrogen-bond acceptors (Lipinski definition) is 5. The van der Waals surface area contributed by atoms with Gasteiger partial charge in [-0.1, -0.05) is 6.08 Å². The van der Waals surface area contributed by atoms with Crippen LogP contribution in [0, 0.1) is 0 Å². The summed E-state index contributed by atoms with van der Waals surface area (Å²) in [5, 5.41) is 0. The van der Waals surface area contributed by atoms with E-state index in [0.717, 1.165) is 12.2 Å². The van der Waals surface area contributed by atoms with Crippen LogP contribution in [-0.2, 0) is 34.3 Å². The summed E-state index contributed by atoms with van der Waals surface area (Å²) >= 11 is 0. The van der Waals surface area contributed by atoms with Crippen molar-refractivity contribution in [3.05, 3.63) is 30.9 Å². The van der Waals surface area contributed by atoms with Crippen molar-refractivity contribution in [3.63, 3.8) is 0 Å². The summed E-state index contributed by atoms with van der Waals surface area (Å²) in [7, 11) is -7.36. The van der Waals surface area contributed by atoms with E-state index in [1.807, 2.05) is 23.9 Å². The first-order valence-corrected chi connectivity index (χ1v) is 7.11. The van der Waals surface area contributed by atoms with Gasteiger partial charge in [-0.05, 0) is 0 Å². The maximum Gasteiger partial charge on any atom is 0.394 e. The van der Waals surface area contributed by atoms with E-state index in [0.29, 0.717) is 0 Å². The fourth-order valence-corrected chi connectivity index (χ4v) is 0.722. The van der Waals surface area contributed by atoms with E-state index in [9.17, 15) is 0 Å². The van der Waals surface area contributed by atoms with Gasteiger partial charge in [-0.3, -0.25) is 18.2 Å². The Labute approximate surface area is 110 Å². The summed E-state index contributed by atoms with van der Waals surface area (Å²) in [5.41, 5.74) is 0. The number of rotatable bonds is 2. The second-order valence-electron chi connectivity index (χ2n) is 2.84. The molecule has 0 saturated heterocycles. The molecule has 112 valence electrons. The van der Waals surface area contributed by atoms with Crippen molar-refractivity contribution >= 4 is 20.8 Å². The summed E-state index contributed by atoms with van der Waals surface area (Å²) in [6, 6.07) is 0. The Morgan fingerprint density at radius 2 is 1.58 bits per heavy atom. The molecule has 19 heavy (non-hydrogen) atoms. The molecule has 1 heterocycles. The zero-order valence-electron chi connectivity index (χ0n) is 9.78. The van der Waals surface area contributed by atoms with Crippen molar-refractivity contribution in [1.82, 2.24) is 9.55 Å². The van der Waals surface area contributed by atoms with Crippen LogP contribution in [0.4, 0.5) is 0 Å². The second kappa shape index (κ2) is 8.73. The van der Waals surface area contributed by atoms with Gasteiger partial charge in [-0.15, -0.1) is 6.58 Å². The van der Waals surface area contributed by atoms with Gasteiger partial charge in [0.15, 0.2) is 0 Å². The number of aryl methyl sites for hydroxylation is 1. The van der Waals surface area contributed by atoms with Crippen LogP contribution in [0.5, 0.6) is 0 Å². The minimum Gasteiger partial charge on any atom is -0.338 e. The molecule has 10 nitrogen and oxygen atoms in total. The van der Waals surface area contributed by atoms with Gasteiger partial charge in [0.25, 0.3) is 0 Å². The van der Waals surface area contributed by atoms with E-state index in [-0.39, 0.29) is 0 Å². The topological polar surface area (TPSA) is 167 Å². The van der Waals surface area contributed by atoms with E-state index in [1.54, 1.807) is 6.20 Å². The van der Waals surface area contributed by atoms with Gasteiger partial charge in [0.05, 0.1) is 0 Å². The standard InChI is InChI=1S/C7H10N2.2H2O4S/c1-3-4-7-8-5-6-9(7)2;2*1-5(2,3)4/h3,5-6H,1,4H2,2H3;2*(H2,1,2,3,4). The van der Waals surface area contributed by atoms with Crippen LogP contribution < -0.4 is 0 Å². The Morgan fingerprint density at radius 3 is 1.79 bits per heavy atom. The van der Waals surface area contributed by atoms with Gasteiger partial charge in [-0.25, -0.2) is 4.98 Å². The molecule has 0 aromatic carbocycles.